The van der Waals surface area contributed by atoms with E-state index in [1.165, 1.54) is 4.90 Å². The minimum absolute atomic E-state index is 0.0525. The van der Waals surface area contributed by atoms with Crippen molar-refractivity contribution in [2.75, 3.05) is 27.2 Å². The molecule has 0 spiro atoms. The van der Waals surface area contributed by atoms with Gasteiger partial charge in [-0.15, -0.1) is 0 Å². The number of nitrogens with one attached hydrogen (secondary N) is 1. The Balaban J connectivity index is 2.06. The van der Waals surface area contributed by atoms with E-state index < -0.39 is 6.09 Å². The molecule has 132 valence electrons. The molecule has 0 unspecified atom stereocenters. The third kappa shape index (κ3) is 5.12. The van der Waals surface area contributed by atoms with Gasteiger partial charge in [-0.3, -0.25) is 4.79 Å². The summed E-state index contributed by atoms with van der Waals surface area (Å²) in [6.07, 6.45) is -1.10. The Morgan fingerprint density at radius 3 is 2.32 bits per heavy atom. The van der Waals surface area contributed by atoms with E-state index in [0.29, 0.717) is 16.3 Å². The van der Waals surface area contributed by atoms with Crippen LogP contribution in [0.25, 0.3) is 11.1 Å². The quantitative estimate of drug-likeness (QED) is 0.772. The molecule has 0 heterocycles. The molecular weight excluding hydrogens is 344 g/mol. The van der Waals surface area contributed by atoms with Crippen molar-refractivity contribution in [2.24, 2.45) is 0 Å². The first-order valence-corrected chi connectivity index (χ1v) is 7.97. The molecule has 2 rings (SSSR count). The van der Waals surface area contributed by atoms with Crippen LogP contribution in [0.15, 0.2) is 42.5 Å². The second kappa shape index (κ2) is 8.39. The number of nitrogens with zero attached hydrogens (tertiary/aromatic N) is 1. The minimum atomic E-state index is -1.10. The van der Waals surface area contributed by atoms with Crippen LogP contribution in [-0.2, 0) is 0 Å². The summed E-state index contributed by atoms with van der Waals surface area (Å²) in [4.78, 5) is 23.8. The van der Waals surface area contributed by atoms with Crippen LogP contribution < -0.4 is 10.1 Å². The van der Waals surface area contributed by atoms with Crippen LogP contribution in [0.2, 0.25) is 5.02 Å². The van der Waals surface area contributed by atoms with Crippen LogP contribution >= 0.6 is 11.6 Å². The van der Waals surface area contributed by atoms with E-state index in [-0.39, 0.29) is 19.1 Å². The van der Waals surface area contributed by atoms with Crippen molar-refractivity contribution in [1.29, 1.82) is 0 Å². The van der Waals surface area contributed by atoms with Crippen LogP contribution in [-0.4, -0.2) is 49.3 Å². The monoisotopic (exact) mass is 362 g/mol. The van der Waals surface area contributed by atoms with Crippen molar-refractivity contribution < 1.29 is 19.4 Å². The molecule has 0 fully saturated rings. The smallest absolute Gasteiger partial charge is 0.404 e. The molecule has 2 N–H and O–H groups in total. The maximum absolute atomic E-state index is 11.9. The molecule has 2 amide bonds. The number of carbonyl (C=O) groups excluding carboxylic acids is 1. The fraction of sp³-hybridized carbons (Fsp3) is 0.222. The molecule has 6 nitrogen and oxygen atoms in total. The van der Waals surface area contributed by atoms with Gasteiger partial charge in [-0.2, -0.15) is 0 Å². The SMILES string of the molecule is CN(C)C(=O)c1ccc(-c2ccc(OCCNC(=O)O)c(Cl)c2)cc1. The van der Waals surface area contributed by atoms with Gasteiger partial charge < -0.3 is 20.1 Å². The van der Waals surface area contributed by atoms with Crippen molar-refractivity contribution in [3.05, 3.63) is 53.1 Å². The van der Waals surface area contributed by atoms with Crippen molar-refractivity contribution in [2.45, 2.75) is 0 Å². The maximum atomic E-state index is 11.9. The average molecular weight is 363 g/mol. The molecule has 0 saturated carbocycles. The Morgan fingerprint density at radius 1 is 1.12 bits per heavy atom. The first-order valence-electron chi connectivity index (χ1n) is 7.59. The fourth-order valence-electron chi connectivity index (χ4n) is 2.18. The van der Waals surface area contributed by atoms with Crippen molar-refractivity contribution in [3.63, 3.8) is 0 Å². The molecule has 2 aromatic rings. The summed E-state index contributed by atoms with van der Waals surface area (Å²) in [5.41, 5.74) is 2.44. The summed E-state index contributed by atoms with van der Waals surface area (Å²) in [6.45, 7) is 0.363. The summed E-state index contributed by atoms with van der Waals surface area (Å²) in [5, 5.41) is 11.1. The molecule has 0 bridgehead atoms. The van der Waals surface area contributed by atoms with E-state index >= 15 is 0 Å². The third-order valence-corrected chi connectivity index (χ3v) is 3.73. The lowest BCUT2D eigenvalue weighted by Gasteiger charge is -2.12. The van der Waals surface area contributed by atoms with E-state index in [1.54, 1.807) is 38.4 Å². The van der Waals surface area contributed by atoms with E-state index in [9.17, 15) is 9.59 Å². The normalized spacial score (nSPS) is 10.2. The zero-order valence-electron chi connectivity index (χ0n) is 14.0. The number of carboxylic acid groups (broad SMARTS) is 1. The van der Waals surface area contributed by atoms with Gasteiger partial charge in [0.1, 0.15) is 12.4 Å². The van der Waals surface area contributed by atoms with Gasteiger partial charge in [0.25, 0.3) is 5.91 Å². The van der Waals surface area contributed by atoms with Crippen LogP contribution in [0.4, 0.5) is 4.79 Å². The number of rotatable bonds is 6. The first-order chi connectivity index (χ1) is 11.9. The zero-order valence-corrected chi connectivity index (χ0v) is 14.7. The van der Waals surface area contributed by atoms with E-state index in [4.69, 9.17) is 21.4 Å². The highest BCUT2D eigenvalue weighted by Crippen LogP contribution is 2.30. The van der Waals surface area contributed by atoms with Crippen LogP contribution in [0, 0.1) is 0 Å². The molecular formula is C18H19ClN2O4. The zero-order chi connectivity index (χ0) is 18.4. The van der Waals surface area contributed by atoms with Gasteiger partial charge in [0, 0.05) is 19.7 Å². The average Bonchev–Trinajstić information content (AvgIpc) is 2.59. The lowest BCUT2D eigenvalue weighted by Crippen LogP contribution is -2.26. The van der Waals surface area contributed by atoms with Crippen molar-refractivity contribution >= 4 is 23.6 Å². The summed E-state index contributed by atoms with van der Waals surface area (Å²) < 4.78 is 5.45. The van der Waals surface area contributed by atoms with E-state index in [1.807, 2.05) is 18.2 Å². The van der Waals surface area contributed by atoms with Crippen molar-refractivity contribution in [1.82, 2.24) is 10.2 Å². The second-order valence-corrected chi connectivity index (χ2v) is 5.91. The van der Waals surface area contributed by atoms with Gasteiger partial charge in [0.15, 0.2) is 0 Å². The fourth-order valence-corrected chi connectivity index (χ4v) is 2.41. The lowest BCUT2D eigenvalue weighted by molar-refractivity contribution is 0.0827. The molecule has 25 heavy (non-hydrogen) atoms. The lowest BCUT2D eigenvalue weighted by atomic mass is 10.0. The molecule has 0 radical (unpaired) electrons. The third-order valence-electron chi connectivity index (χ3n) is 3.44. The Morgan fingerprint density at radius 2 is 1.76 bits per heavy atom. The summed E-state index contributed by atoms with van der Waals surface area (Å²) >= 11 is 6.22. The predicted molar refractivity (Wildman–Crippen MR) is 96.4 cm³/mol. The van der Waals surface area contributed by atoms with Crippen LogP contribution in [0.3, 0.4) is 0 Å². The summed E-state index contributed by atoms with van der Waals surface area (Å²) in [5.74, 6) is 0.431. The minimum Gasteiger partial charge on any atom is -0.490 e. The second-order valence-electron chi connectivity index (χ2n) is 5.50. The Hall–Kier alpha value is -2.73. The molecule has 0 aliphatic rings. The highest BCUT2D eigenvalue weighted by Gasteiger charge is 2.09. The number of carbonyl (C=O) groups is 2. The molecule has 0 atom stereocenters. The number of hydrogen-bond acceptors (Lipinski definition) is 3. The molecule has 0 aromatic heterocycles. The maximum Gasteiger partial charge on any atom is 0.404 e. The molecule has 2 aromatic carbocycles. The Bertz CT molecular complexity index is 760. The van der Waals surface area contributed by atoms with Crippen molar-refractivity contribution in [3.8, 4) is 16.9 Å². The first kappa shape index (κ1) is 18.6. The van der Waals surface area contributed by atoms with Gasteiger partial charge in [0.05, 0.1) is 11.6 Å². The summed E-state index contributed by atoms with van der Waals surface area (Å²) in [6, 6.07) is 12.6. The van der Waals surface area contributed by atoms with Crippen LogP contribution in [0.5, 0.6) is 5.75 Å². The van der Waals surface area contributed by atoms with Gasteiger partial charge >= 0.3 is 6.09 Å². The molecule has 0 aliphatic carbocycles. The van der Waals surface area contributed by atoms with Gasteiger partial charge in [-0.25, -0.2) is 4.79 Å². The van der Waals surface area contributed by atoms with E-state index in [2.05, 4.69) is 5.32 Å². The number of amides is 2. The highest BCUT2D eigenvalue weighted by atomic mass is 35.5. The Labute approximate surface area is 151 Å². The van der Waals surface area contributed by atoms with Crippen LogP contribution in [0.1, 0.15) is 10.4 Å². The standard InChI is InChI=1S/C18H19ClN2O4/c1-21(2)17(22)13-5-3-12(4-6-13)14-7-8-16(15(19)11-14)25-10-9-20-18(23)24/h3-8,11,20H,9-10H2,1-2H3,(H,23,24). The number of hydrogen-bond donors (Lipinski definition) is 2. The van der Waals surface area contributed by atoms with Gasteiger partial charge in [-0.05, 0) is 35.4 Å². The summed E-state index contributed by atoms with van der Waals surface area (Å²) in [7, 11) is 3.42. The Kier molecular flexibility index (Phi) is 6.25. The molecule has 7 heteroatoms. The topological polar surface area (TPSA) is 78.9 Å². The molecule has 0 saturated heterocycles. The van der Waals surface area contributed by atoms with E-state index in [0.717, 1.165) is 11.1 Å². The van der Waals surface area contributed by atoms with Gasteiger partial charge in [0.2, 0.25) is 0 Å². The van der Waals surface area contributed by atoms with Gasteiger partial charge in [-0.1, -0.05) is 29.8 Å². The number of benzene rings is 2. The predicted octanol–water partition coefficient (Wildman–Crippen LogP) is 3.36. The number of ether oxygens (including phenoxy) is 1. The molecule has 0 aliphatic heterocycles. The largest absolute Gasteiger partial charge is 0.490 e. The highest BCUT2D eigenvalue weighted by molar-refractivity contribution is 6.32. The number of halogens is 1.